The van der Waals surface area contributed by atoms with Gasteiger partial charge in [0.1, 0.15) is 12.4 Å². The Balaban J connectivity index is 1.87. The monoisotopic (exact) mass is 339 g/mol. The molecule has 2 rings (SSSR count). The number of nitriles is 1. The zero-order valence-electron chi connectivity index (χ0n) is 13.3. The van der Waals surface area contributed by atoms with Crippen molar-refractivity contribution < 1.29 is 17.9 Å². The Morgan fingerprint density at radius 3 is 2.78 bits per heavy atom. The summed E-state index contributed by atoms with van der Waals surface area (Å²) in [5, 5.41) is 8.87. The predicted molar refractivity (Wildman–Crippen MR) is 85.1 cm³/mol. The first-order chi connectivity index (χ1) is 10.9. The average molecular weight is 339 g/mol. The Morgan fingerprint density at radius 2 is 2.13 bits per heavy atom. The summed E-state index contributed by atoms with van der Waals surface area (Å²) in [5.74, 6) is 0.706. The van der Waals surface area contributed by atoms with Crippen LogP contribution in [0.5, 0.6) is 5.75 Å². The van der Waals surface area contributed by atoms with Crippen molar-refractivity contribution in [3.05, 3.63) is 29.8 Å². The molecule has 0 amide bonds. The van der Waals surface area contributed by atoms with Gasteiger partial charge in [0, 0.05) is 20.1 Å². The molecule has 0 saturated carbocycles. The smallest absolute Gasteiger partial charge is 0.282 e. The van der Waals surface area contributed by atoms with Gasteiger partial charge in [-0.2, -0.15) is 22.3 Å². The number of hydrogen-bond acceptors (Lipinski definition) is 5. The van der Waals surface area contributed by atoms with Crippen LogP contribution in [0.1, 0.15) is 5.56 Å². The van der Waals surface area contributed by atoms with Crippen molar-refractivity contribution in [2.24, 2.45) is 0 Å². The molecule has 0 bridgehead atoms. The Hall–Kier alpha value is -1.66. The van der Waals surface area contributed by atoms with Crippen molar-refractivity contribution in [1.82, 2.24) is 8.61 Å². The molecule has 1 fully saturated rings. The molecular weight excluding hydrogens is 318 g/mol. The van der Waals surface area contributed by atoms with Crippen LogP contribution in [0.4, 0.5) is 0 Å². The van der Waals surface area contributed by atoms with E-state index in [2.05, 4.69) is 0 Å². The highest BCUT2D eigenvalue weighted by Crippen LogP contribution is 2.14. The van der Waals surface area contributed by atoms with E-state index < -0.39 is 16.3 Å². The fraction of sp³-hybridized carbons (Fsp3) is 0.533. The Bertz CT molecular complexity index is 654. The SMILES string of the molecule is Cc1ccc(OCCN(C)S(=O)(=O)N2CCOC(C#N)C2)cc1. The average Bonchev–Trinajstić information content (AvgIpc) is 2.56. The molecule has 0 aromatic heterocycles. The molecule has 1 aliphatic rings. The topological polar surface area (TPSA) is 82.9 Å². The van der Waals surface area contributed by atoms with Crippen LogP contribution in [0.3, 0.4) is 0 Å². The lowest BCUT2D eigenvalue weighted by Gasteiger charge is -2.32. The molecule has 1 unspecified atom stereocenters. The van der Waals surface area contributed by atoms with Gasteiger partial charge >= 0.3 is 0 Å². The summed E-state index contributed by atoms with van der Waals surface area (Å²) in [6.07, 6.45) is -0.712. The molecule has 1 aromatic rings. The van der Waals surface area contributed by atoms with Crippen molar-refractivity contribution in [1.29, 1.82) is 5.26 Å². The van der Waals surface area contributed by atoms with E-state index in [1.807, 2.05) is 37.3 Å². The van der Waals surface area contributed by atoms with E-state index in [4.69, 9.17) is 14.7 Å². The van der Waals surface area contributed by atoms with Crippen LogP contribution in [0.2, 0.25) is 0 Å². The number of hydrogen-bond donors (Lipinski definition) is 0. The molecule has 0 radical (unpaired) electrons. The van der Waals surface area contributed by atoms with E-state index in [9.17, 15) is 8.42 Å². The van der Waals surface area contributed by atoms with Gasteiger partial charge in [-0.25, -0.2) is 0 Å². The molecule has 1 saturated heterocycles. The molecule has 23 heavy (non-hydrogen) atoms. The van der Waals surface area contributed by atoms with Crippen molar-refractivity contribution in [3.8, 4) is 11.8 Å². The summed E-state index contributed by atoms with van der Waals surface area (Å²) < 4.78 is 38.2. The Morgan fingerprint density at radius 1 is 1.43 bits per heavy atom. The summed E-state index contributed by atoms with van der Waals surface area (Å²) in [5.41, 5.74) is 1.14. The quantitative estimate of drug-likeness (QED) is 0.765. The van der Waals surface area contributed by atoms with Gasteiger partial charge in [-0.05, 0) is 19.1 Å². The minimum atomic E-state index is -3.61. The number of aryl methyl sites for hydroxylation is 1. The molecule has 8 heteroatoms. The number of rotatable bonds is 6. The Kier molecular flexibility index (Phi) is 5.96. The molecule has 1 aliphatic heterocycles. The lowest BCUT2D eigenvalue weighted by molar-refractivity contribution is 0.0291. The van der Waals surface area contributed by atoms with Gasteiger partial charge in [-0.3, -0.25) is 0 Å². The van der Waals surface area contributed by atoms with Gasteiger partial charge in [0.25, 0.3) is 10.2 Å². The van der Waals surface area contributed by atoms with Gasteiger partial charge in [-0.15, -0.1) is 0 Å². The summed E-state index contributed by atoms with van der Waals surface area (Å²) in [6, 6.07) is 9.52. The first kappa shape index (κ1) is 17.7. The Labute approximate surface area is 137 Å². The molecule has 7 nitrogen and oxygen atoms in total. The maximum atomic E-state index is 12.5. The van der Waals surface area contributed by atoms with E-state index in [-0.39, 0.29) is 32.8 Å². The first-order valence-electron chi connectivity index (χ1n) is 7.35. The third kappa shape index (κ3) is 4.65. The predicted octanol–water partition coefficient (Wildman–Crippen LogP) is 0.775. The van der Waals surface area contributed by atoms with Crippen molar-refractivity contribution in [2.45, 2.75) is 13.0 Å². The molecule has 126 valence electrons. The van der Waals surface area contributed by atoms with Crippen molar-refractivity contribution in [2.75, 3.05) is 39.9 Å². The first-order valence-corrected chi connectivity index (χ1v) is 8.75. The second-order valence-electron chi connectivity index (χ2n) is 5.34. The lowest BCUT2D eigenvalue weighted by atomic mass is 10.2. The maximum Gasteiger partial charge on any atom is 0.282 e. The fourth-order valence-corrected chi connectivity index (χ4v) is 3.48. The van der Waals surface area contributed by atoms with Crippen LogP contribution < -0.4 is 4.74 Å². The van der Waals surface area contributed by atoms with Gasteiger partial charge in [-0.1, -0.05) is 17.7 Å². The van der Waals surface area contributed by atoms with Gasteiger partial charge in [0.2, 0.25) is 0 Å². The molecule has 0 spiro atoms. The highest BCUT2D eigenvalue weighted by Gasteiger charge is 2.32. The minimum Gasteiger partial charge on any atom is -0.492 e. The zero-order chi connectivity index (χ0) is 16.9. The van der Waals surface area contributed by atoms with Crippen molar-refractivity contribution in [3.63, 3.8) is 0 Å². The van der Waals surface area contributed by atoms with Crippen LogP contribution in [-0.4, -0.2) is 63.0 Å². The van der Waals surface area contributed by atoms with Crippen LogP contribution in [-0.2, 0) is 14.9 Å². The van der Waals surface area contributed by atoms with Crippen molar-refractivity contribution >= 4 is 10.2 Å². The molecule has 1 aromatic carbocycles. The zero-order valence-corrected chi connectivity index (χ0v) is 14.1. The molecule has 0 aliphatic carbocycles. The van der Waals surface area contributed by atoms with E-state index >= 15 is 0 Å². The van der Waals surface area contributed by atoms with Crippen LogP contribution in [0.15, 0.2) is 24.3 Å². The van der Waals surface area contributed by atoms with Crippen LogP contribution >= 0.6 is 0 Å². The standard InChI is InChI=1S/C15H21N3O4S/c1-13-3-5-14(6-4-13)21-9-7-17(2)23(19,20)18-8-10-22-15(11-16)12-18/h3-6,15H,7-10,12H2,1-2H3. The second-order valence-corrected chi connectivity index (χ2v) is 7.37. The maximum absolute atomic E-state index is 12.5. The normalized spacial score (nSPS) is 19.5. The van der Waals surface area contributed by atoms with Gasteiger partial charge < -0.3 is 9.47 Å². The third-order valence-corrected chi connectivity index (χ3v) is 5.54. The molecule has 1 heterocycles. The van der Waals surface area contributed by atoms with E-state index in [0.29, 0.717) is 5.75 Å². The molecular formula is C15H21N3O4S. The van der Waals surface area contributed by atoms with Crippen LogP contribution in [0.25, 0.3) is 0 Å². The molecule has 0 N–H and O–H groups in total. The number of morpholine rings is 1. The highest BCUT2D eigenvalue weighted by atomic mass is 32.2. The van der Waals surface area contributed by atoms with Crippen LogP contribution in [0, 0.1) is 18.3 Å². The number of nitrogens with zero attached hydrogens (tertiary/aromatic N) is 3. The van der Waals surface area contributed by atoms with Gasteiger partial charge in [0.15, 0.2) is 6.10 Å². The number of benzene rings is 1. The fourth-order valence-electron chi connectivity index (χ4n) is 2.15. The summed E-state index contributed by atoms with van der Waals surface area (Å²) >= 11 is 0. The van der Waals surface area contributed by atoms with Gasteiger partial charge in [0.05, 0.1) is 19.2 Å². The largest absolute Gasteiger partial charge is 0.492 e. The highest BCUT2D eigenvalue weighted by molar-refractivity contribution is 7.86. The summed E-state index contributed by atoms with van der Waals surface area (Å²) in [7, 11) is -2.11. The lowest BCUT2D eigenvalue weighted by Crippen LogP contribution is -2.50. The summed E-state index contributed by atoms with van der Waals surface area (Å²) in [6.45, 7) is 3.01. The number of ether oxygens (including phenoxy) is 2. The van der Waals surface area contributed by atoms with E-state index in [0.717, 1.165) is 5.56 Å². The van der Waals surface area contributed by atoms with E-state index in [1.165, 1.54) is 15.7 Å². The summed E-state index contributed by atoms with van der Waals surface area (Å²) in [4.78, 5) is 0. The minimum absolute atomic E-state index is 0.0575. The number of likely N-dealkylation sites (N-methyl/N-ethyl adjacent to an activating group) is 1. The molecule has 1 atom stereocenters. The van der Waals surface area contributed by atoms with E-state index in [1.54, 1.807) is 0 Å². The second kappa shape index (κ2) is 7.75. The third-order valence-electron chi connectivity index (χ3n) is 3.59.